The molecule has 0 saturated carbocycles. The fraction of sp³-hybridized carbons (Fsp3) is 0.500. The lowest BCUT2D eigenvalue weighted by atomic mass is 10.1. The van der Waals surface area contributed by atoms with Crippen molar-refractivity contribution in [2.45, 2.75) is 32.4 Å². The monoisotopic (exact) mass is 286 g/mol. The number of nitrogens with zero attached hydrogens (tertiary/aromatic N) is 4. The van der Waals surface area contributed by atoms with Crippen molar-refractivity contribution < 1.29 is 4.74 Å². The maximum Gasteiger partial charge on any atom is 0.213 e. The van der Waals surface area contributed by atoms with E-state index in [1.807, 2.05) is 43.8 Å². The van der Waals surface area contributed by atoms with E-state index in [9.17, 15) is 0 Å². The van der Waals surface area contributed by atoms with Crippen LogP contribution in [-0.4, -0.2) is 45.2 Å². The Balaban J connectivity index is 1.42. The number of imidazole rings is 1. The van der Waals surface area contributed by atoms with Crippen LogP contribution < -0.4 is 4.74 Å². The van der Waals surface area contributed by atoms with E-state index in [0.717, 1.165) is 50.6 Å². The van der Waals surface area contributed by atoms with Crippen LogP contribution >= 0.6 is 0 Å². The summed E-state index contributed by atoms with van der Waals surface area (Å²) < 4.78 is 8.11. The Morgan fingerprint density at radius 2 is 2.10 bits per heavy atom. The van der Waals surface area contributed by atoms with Crippen LogP contribution in [0.1, 0.15) is 18.5 Å². The molecule has 0 amide bonds. The predicted molar refractivity (Wildman–Crippen MR) is 81.3 cm³/mol. The van der Waals surface area contributed by atoms with E-state index >= 15 is 0 Å². The van der Waals surface area contributed by atoms with E-state index in [1.54, 1.807) is 0 Å². The Morgan fingerprint density at radius 1 is 1.24 bits per heavy atom. The largest absolute Gasteiger partial charge is 0.474 e. The van der Waals surface area contributed by atoms with Gasteiger partial charge in [-0.3, -0.25) is 0 Å². The van der Waals surface area contributed by atoms with Gasteiger partial charge in [-0.1, -0.05) is 6.07 Å². The number of aryl methyl sites for hydroxylation is 1. The van der Waals surface area contributed by atoms with E-state index in [2.05, 4.69) is 19.4 Å². The second kappa shape index (κ2) is 6.72. The van der Waals surface area contributed by atoms with Crippen LogP contribution in [0.4, 0.5) is 0 Å². The minimum atomic E-state index is 0.295. The van der Waals surface area contributed by atoms with Gasteiger partial charge in [-0.05, 0) is 25.8 Å². The number of aromatic nitrogens is 3. The summed E-state index contributed by atoms with van der Waals surface area (Å²) in [5, 5.41) is 0. The SMILES string of the molecule is Cc1cccc(OC2CCN(CCn3ccnc3)CC2)n1. The van der Waals surface area contributed by atoms with Gasteiger partial charge in [-0.25, -0.2) is 9.97 Å². The molecule has 0 bridgehead atoms. The molecule has 0 spiro atoms. The molecule has 1 saturated heterocycles. The number of hydrogen-bond donors (Lipinski definition) is 0. The predicted octanol–water partition coefficient (Wildman–Crippen LogP) is 2.13. The molecule has 0 radical (unpaired) electrons. The summed E-state index contributed by atoms with van der Waals surface area (Å²) in [5.41, 5.74) is 1.00. The van der Waals surface area contributed by atoms with Crippen molar-refractivity contribution in [3.05, 3.63) is 42.6 Å². The quantitative estimate of drug-likeness (QED) is 0.844. The number of piperidine rings is 1. The molecule has 3 heterocycles. The van der Waals surface area contributed by atoms with Crippen LogP contribution in [0, 0.1) is 6.92 Å². The van der Waals surface area contributed by atoms with E-state index in [-0.39, 0.29) is 0 Å². The molecule has 1 aliphatic heterocycles. The van der Waals surface area contributed by atoms with Gasteiger partial charge in [0, 0.05) is 50.3 Å². The molecule has 5 nitrogen and oxygen atoms in total. The highest BCUT2D eigenvalue weighted by Crippen LogP contribution is 2.17. The first kappa shape index (κ1) is 14.1. The molecule has 0 atom stereocenters. The summed E-state index contributed by atoms with van der Waals surface area (Å²) in [5.74, 6) is 0.756. The highest BCUT2D eigenvalue weighted by atomic mass is 16.5. The molecule has 0 aliphatic carbocycles. The zero-order valence-electron chi connectivity index (χ0n) is 12.5. The van der Waals surface area contributed by atoms with Crippen molar-refractivity contribution in [2.75, 3.05) is 19.6 Å². The first-order chi connectivity index (χ1) is 10.3. The van der Waals surface area contributed by atoms with Crippen molar-refractivity contribution in [2.24, 2.45) is 0 Å². The maximum atomic E-state index is 5.98. The summed E-state index contributed by atoms with van der Waals surface area (Å²) in [6.07, 6.45) is 8.15. The topological polar surface area (TPSA) is 43.2 Å². The summed E-state index contributed by atoms with van der Waals surface area (Å²) >= 11 is 0. The van der Waals surface area contributed by atoms with Crippen molar-refractivity contribution in [3.63, 3.8) is 0 Å². The number of rotatable bonds is 5. The van der Waals surface area contributed by atoms with E-state index in [1.165, 1.54) is 0 Å². The standard InChI is InChI=1S/C16H22N4O/c1-14-3-2-4-16(18-14)21-15-5-8-19(9-6-15)11-12-20-10-7-17-13-20/h2-4,7,10,13,15H,5-6,8-9,11-12H2,1H3. The van der Waals surface area contributed by atoms with Crippen LogP contribution in [0.3, 0.4) is 0 Å². The molecule has 1 aliphatic rings. The lowest BCUT2D eigenvalue weighted by molar-refractivity contribution is 0.0949. The fourth-order valence-electron chi connectivity index (χ4n) is 2.68. The number of pyridine rings is 1. The van der Waals surface area contributed by atoms with Gasteiger partial charge >= 0.3 is 0 Å². The van der Waals surface area contributed by atoms with Gasteiger partial charge in [-0.2, -0.15) is 0 Å². The highest BCUT2D eigenvalue weighted by Gasteiger charge is 2.20. The van der Waals surface area contributed by atoms with Crippen LogP contribution in [-0.2, 0) is 6.54 Å². The Morgan fingerprint density at radius 3 is 2.81 bits per heavy atom. The second-order valence-corrected chi connectivity index (χ2v) is 5.58. The van der Waals surface area contributed by atoms with E-state index in [4.69, 9.17) is 4.74 Å². The normalized spacial score (nSPS) is 17.0. The average Bonchev–Trinajstić information content (AvgIpc) is 3.00. The van der Waals surface area contributed by atoms with Gasteiger partial charge in [-0.15, -0.1) is 0 Å². The van der Waals surface area contributed by atoms with Crippen molar-refractivity contribution in [1.29, 1.82) is 0 Å². The molecular formula is C16H22N4O. The van der Waals surface area contributed by atoms with E-state index < -0.39 is 0 Å². The van der Waals surface area contributed by atoms with Crippen LogP contribution in [0.5, 0.6) is 5.88 Å². The molecule has 3 rings (SSSR count). The van der Waals surface area contributed by atoms with Crippen molar-refractivity contribution >= 4 is 0 Å². The maximum absolute atomic E-state index is 5.98. The van der Waals surface area contributed by atoms with Gasteiger partial charge < -0.3 is 14.2 Å². The van der Waals surface area contributed by atoms with Gasteiger partial charge in [0.15, 0.2) is 0 Å². The summed E-state index contributed by atoms with van der Waals surface area (Å²) in [7, 11) is 0. The fourth-order valence-corrected chi connectivity index (χ4v) is 2.68. The van der Waals surface area contributed by atoms with Gasteiger partial charge in [0.2, 0.25) is 5.88 Å². The molecular weight excluding hydrogens is 264 g/mol. The second-order valence-electron chi connectivity index (χ2n) is 5.58. The zero-order chi connectivity index (χ0) is 14.5. The Labute approximate surface area is 125 Å². The number of hydrogen-bond acceptors (Lipinski definition) is 4. The molecule has 5 heteroatoms. The molecule has 112 valence electrons. The van der Waals surface area contributed by atoms with Crippen molar-refractivity contribution in [3.8, 4) is 5.88 Å². The molecule has 1 fully saturated rings. The van der Waals surface area contributed by atoms with Crippen LogP contribution in [0.2, 0.25) is 0 Å². The lowest BCUT2D eigenvalue weighted by Gasteiger charge is -2.31. The summed E-state index contributed by atoms with van der Waals surface area (Å²) in [6.45, 7) is 6.25. The van der Waals surface area contributed by atoms with Gasteiger partial charge in [0.1, 0.15) is 6.10 Å². The Bertz CT molecular complexity index is 547. The molecule has 2 aromatic rings. The highest BCUT2D eigenvalue weighted by molar-refractivity contribution is 5.15. The molecule has 0 unspecified atom stereocenters. The third kappa shape index (κ3) is 4.04. The number of ether oxygens (including phenoxy) is 1. The Hall–Kier alpha value is -1.88. The lowest BCUT2D eigenvalue weighted by Crippen LogP contribution is -2.39. The molecule has 0 N–H and O–H groups in total. The van der Waals surface area contributed by atoms with Gasteiger partial charge in [0.05, 0.1) is 6.33 Å². The van der Waals surface area contributed by atoms with E-state index in [0.29, 0.717) is 6.10 Å². The average molecular weight is 286 g/mol. The molecule has 2 aromatic heterocycles. The summed E-state index contributed by atoms with van der Waals surface area (Å²) in [6, 6.07) is 5.93. The third-order valence-electron chi connectivity index (χ3n) is 3.92. The first-order valence-corrected chi connectivity index (χ1v) is 7.58. The molecule has 21 heavy (non-hydrogen) atoms. The summed E-state index contributed by atoms with van der Waals surface area (Å²) in [4.78, 5) is 11.0. The zero-order valence-corrected chi connectivity index (χ0v) is 12.5. The third-order valence-corrected chi connectivity index (χ3v) is 3.92. The van der Waals surface area contributed by atoms with Crippen molar-refractivity contribution in [1.82, 2.24) is 19.4 Å². The Kier molecular flexibility index (Phi) is 4.50. The van der Waals surface area contributed by atoms with Crippen LogP contribution in [0.15, 0.2) is 36.9 Å². The minimum absolute atomic E-state index is 0.295. The van der Waals surface area contributed by atoms with Crippen LogP contribution in [0.25, 0.3) is 0 Å². The number of likely N-dealkylation sites (tertiary alicyclic amines) is 1. The smallest absolute Gasteiger partial charge is 0.213 e. The first-order valence-electron chi connectivity index (χ1n) is 7.58. The minimum Gasteiger partial charge on any atom is -0.474 e. The molecule has 0 aromatic carbocycles. The van der Waals surface area contributed by atoms with Gasteiger partial charge in [0.25, 0.3) is 0 Å².